The van der Waals surface area contributed by atoms with Gasteiger partial charge in [-0.1, -0.05) is 32.6 Å². The van der Waals surface area contributed by atoms with Crippen LogP contribution in [0, 0.1) is 0 Å². The Morgan fingerprint density at radius 3 is 2.35 bits per heavy atom. The van der Waals surface area contributed by atoms with Crippen molar-refractivity contribution in [3.63, 3.8) is 0 Å². The van der Waals surface area contributed by atoms with Gasteiger partial charge in [0.15, 0.2) is 6.29 Å². The maximum absolute atomic E-state index is 9.84. The number of aliphatic hydroxyl groups is 4. The molecule has 0 aromatic carbocycles. The van der Waals surface area contributed by atoms with Gasteiger partial charge in [-0.25, -0.2) is 0 Å². The van der Waals surface area contributed by atoms with Crippen LogP contribution in [0.3, 0.4) is 0 Å². The molecule has 0 aromatic rings. The summed E-state index contributed by atoms with van der Waals surface area (Å²) in [5.41, 5.74) is 0. The first-order valence-corrected chi connectivity index (χ1v) is 7.47. The van der Waals surface area contributed by atoms with Gasteiger partial charge in [0.05, 0.1) is 12.7 Å². The summed E-state index contributed by atoms with van der Waals surface area (Å²) < 4.78 is 10.9. The van der Waals surface area contributed by atoms with Gasteiger partial charge in [0.1, 0.15) is 24.4 Å². The Morgan fingerprint density at radius 2 is 1.75 bits per heavy atom. The van der Waals surface area contributed by atoms with Crippen molar-refractivity contribution in [2.75, 3.05) is 6.61 Å². The molecule has 0 spiro atoms. The zero-order chi connectivity index (χ0) is 15.1. The summed E-state index contributed by atoms with van der Waals surface area (Å²) in [7, 11) is 0. The van der Waals surface area contributed by atoms with Gasteiger partial charge in [0.25, 0.3) is 0 Å². The standard InChI is InChI=1S/C14H28O6/c1-3-4-5-6-7-9(2)19-14-13(18)12(17)11(16)10(8-15)20-14/h9-18H,3-8H2,1-2H3/t9?,10-,11-,12+,13-,14-/m1/s1. The molecule has 1 heterocycles. The molecule has 0 bridgehead atoms. The van der Waals surface area contributed by atoms with Gasteiger partial charge < -0.3 is 29.9 Å². The predicted molar refractivity (Wildman–Crippen MR) is 73.1 cm³/mol. The Hall–Kier alpha value is -0.240. The molecule has 6 atom stereocenters. The third kappa shape index (κ3) is 4.95. The molecule has 1 saturated heterocycles. The van der Waals surface area contributed by atoms with Crippen LogP contribution in [0.5, 0.6) is 0 Å². The van der Waals surface area contributed by atoms with Gasteiger partial charge in [-0.15, -0.1) is 0 Å². The maximum atomic E-state index is 9.84. The van der Waals surface area contributed by atoms with Crippen LogP contribution in [0.25, 0.3) is 0 Å². The highest BCUT2D eigenvalue weighted by molar-refractivity contribution is 4.89. The highest BCUT2D eigenvalue weighted by atomic mass is 16.7. The van der Waals surface area contributed by atoms with E-state index in [-0.39, 0.29) is 6.10 Å². The van der Waals surface area contributed by atoms with Crippen LogP contribution in [0.2, 0.25) is 0 Å². The average molecular weight is 292 g/mol. The van der Waals surface area contributed by atoms with Crippen LogP contribution < -0.4 is 0 Å². The molecular weight excluding hydrogens is 264 g/mol. The first-order chi connectivity index (χ1) is 9.51. The molecule has 4 N–H and O–H groups in total. The van der Waals surface area contributed by atoms with Gasteiger partial charge in [-0.3, -0.25) is 0 Å². The van der Waals surface area contributed by atoms with Crippen molar-refractivity contribution >= 4 is 0 Å². The molecule has 20 heavy (non-hydrogen) atoms. The number of unbranched alkanes of at least 4 members (excludes halogenated alkanes) is 3. The normalized spacial score (nSPS) is 36.0. The first kappa shape index (κ1) is 17.8. The average Bonchev–Trinajstić information content (AvgIpc) is 2.44. The Bertz CT molecular complexity index is 260. The lowest BCUT2D eigenvalue weighted by Crippen LogP contribution is -2.59. The second-order valence-corrected chi connectivity index (χ2v) is 5.49. The molecule has 1 aliphatic heterocycles. The van der Waals surface area contributed by atoms with E-state index in [2.05, 4.69) is 6.92 Å². The molecule has 6 heteroatoms. The van der Waals surface area contributed by atoms with Crippen LogP contribution in [-0.4, -0.2) is 63.8 Å². The van der Waals surface area contributed by atoms with Crippen molar-refractivity contribution in [3.8, 4) is 0 Å². The molecule has 120 valence electrons. The Labute approximate surface area is 120 Å². The molecule has 1 unspecified atom stereocenters. The largest absolute Gasteiger partial charge is 0.394 e. The second kappa shape index (κ2) is 8.92. The number of aliphatic hydroxyl groups excluding tert-OH is 4. The summed E-state index contributed by atoms with van der Waals surface area (Å²) in [6, 6.07) is 0. The van der Waals surface area contributed by atoms with E-state index in [1.165, 1.54) is 12.8 Å². The van der Waals surface area contributed by atoms with E-state index in [9.17, 15) is 15.3 Å². The van der Waals surface area contributed by atoms with Crippen LogP contribution >= 0.6 is 0 Å². The van der Waals surface area contributed by atoms with Crippen molar-refractivity contribution < 1.29 is 29.9 Å². The minimum Gasteiger partial charge on any atom is -0.394 e. The minimum absolute atomic E-state index is 0.117. The second-order valence-electron chi connectivity index (χ2n) is 5.49. The third-order valence-corrected chi connectivity index (χ3v) is 3.68. The van der Waals surface area contributed by atoms with Crippen LogP contribution in [0.4, 0.5) is 0 Å². The Kier molecular flexibility index (Phi) is 7.94. The zero-order valence-corrected chi connectivity index (χ0v) is 12.3. The number of ether oxygens (including phenoxy) is 2. The lowest BCUT2D eigenvalue weighted by molar-refractivity contribution is -0.310. The zero-order valence-electron chi connectivity index (χ0n) is 12.3. The predicted octanol–water partition coefficient (Wildman–Crippen LogP) is 0.162. The molecule has 0 saturated carbocycles. The van der Waals surface area contributed by atoms with Crippen LogP contribution in [0.1, 0.15) is 46.0 Å². The van der Waals surface area contributed by atoms with Crippen molar-refractivity contribution in [1.82, 2.24) is 0 Å². The molecule has 0 radical (unpaired) electrons. The summed E-state index contributed by atoms with van der Waals surface area (Å²) in [5.74, 6) is 0. The number of hydrogen-bond donors (Lipinski definition) is 4. The highest BCUT2D eigenvalue weighted by Crippen LogP contribution is 2.23. The van der Waals surface area contributed by atoms with Gasteiger partial charge in [0, 0.05) is 0 Å². The highest BCUT2D eigenvalue weighted by Gasteiger charge is 2.44. The molecular formula is C14H28O6. The smallest absolute Gasteiger partial charge is 0.186 e. The van der Waals surface area contributed by atoms with E-state index in [1.54, 1.807) is 0 Å². The lowest BCUT2D eigenvalue weighted by atomic mass is 9.99. The molecule has 1 rings (SSSR count). The van der Waals surface area contributed by atoms with Crippen molar-refractivity contribution in [2.24, 2.45) is 0 Å². The quantitative estimate of drug-likeness (QED) is 0.476. The molecule has 1 aliphatic rings. The number of rotatable bonds is 8. The van der Waals surface area contributed by atoms with Crippen LogP contribution in [0.15, 0.2) is 0 Å². The van der Waals surface area contributed by atoms with E-state index < -0.39 is 37.3 Å². The van der Waals surface area contributed by atoms with E-state index in [0.29, 0.717) is 0 Å². The van der Waals surface area contributed by atoms with Gasteiger partial charge in [-0.2, -0.15) is 0 Å². The fourth-order valence-corrected chi connectivity index (χ4v) is 2.34. The molecule has 0 aromatic heterocycles. The van der Waals surface area contributed by atoms with E-state index >= 15 is 0 Å². The molecule has 0 aliphatic carbocycles. The van der Waals surface area contributed by atoms with E-state index in [4.69, 9.17) is 14.6 Å². The summed E-state index contributed by atoms with van der Waals surface area (Å²) in [6.45, 7) is 3.59. The first-order valence-electron chi connectivity index (χ1n) is 7.47. The minimum atomic E-state index is -1.38. The molecule has 0 amide bonds. The fraction of sp³-hybridized carbons (Fsp3) is 1.00. The summed E-state index contributed by atoms with van der Waals surface area (Å²) in [4.78, 5) is 0. The SMILES string of the molecule is CCCCCCC(C)O[C@@H]1O[C@H](CO)[C@@H](O)[C@H](O)[C@H]1O. The van der Waals surface area contributed by atoms with Gasteiger partial charge in [-0.05, 0) is 13.3 Å². The Balaban J connectivity index is 2.40. The summed E-state index contributed by atoms with van der Waals surface area (Å²) in [6.07, 6.45) is -0.709. The molecule has 1 fully saturated rings. The summed E-state index contributed by atoms with van der Waals surface area (Å²) >= 11 is 0. The maximum Gasteiger partial charge on any atom is 0.186 e. The van der Waals surface area contributed by atoms with E-state index in [0.717, 1.165) is 19.3 Å². The molecule has 6 nitrogen and oxygen atoms in total. The van der Waals surface area contributed by atoms with Gasteiger partial charge >= 0.3 is 0 Å². The summed E-state index contributed by atoms with van der Waals surface area (Å²) in [5, 5.41) is 38.2. The van der Waals surface area contributed by atoms with Crippen molar-refractivity contribution in [3.05, 3.63) is 0 Å². The lowest BCUT2D eigenvalue weighted by Gasteiger charge is -2.40. The Morgan fingerprint density at radius 1 is 1.05 bits per heavy atom. The van der Waals surface area contributed by atoms with E-state index in [1.807, 2.05) is 6.92 Å². The van der Waals surface area contributed by atoms with Crippen molar-refractivity contribution in [2.45, 2.75) is 82.8 Å². The third-order valence-electron chi connectivity index (χ3n) is 3.68. The van der Waals surface area contributed by atoms with Gasteiger partial charge in [0.2, 0.25) is 0 Å². The van der Waals surface area contributed by atoms with Crippen LogP contribution in [-0.2, 0) is 9.47 Å². The fourth-order valence-electron chi connectivity index (χ4n) is 2.34. The monoisotopic (exact) mass is 292 g/mol. The topological polar surface area (TPSA) is 99.4 Å². The number of hydrogen-bond acceptors (Lipinski definition) is 6. The van der Waals surface area contributed by atoms with Crippen molar-refractivity contribution in [1.29, 1.82) is 0 Å².